The summed E-state index contributed by atoms with van der Waals surface area (Å²) in [4.78, 5) is 11.7. The number of fused-ring (bicyclic) bond motifs is 1. The molecule has 1 saturated heterocycles. The molecule has 1 aliphatic heterocycles. The molecule has 0 amide bonds. The molecule has 0 aliphatic carbocycles. The molecule has 128 valence electrons. The number of ether oxygens (including phenoxy) is 2. The van der Waals surface area contributed by atoms with Crippen LogP contribution in [0.5, 0.6) is 5.75 Å². The lowest BCUT2D eigenvalue weighted by atomic mass is 10.2. The summed E-state index contributed by atoms with van der Waals surface area (Å²) in [5, 5.41) is 4.34. The van der Waals surface area contributed by atoms with E-state index in [1.807, 2.05) is 42.5 Å². The van der Waals surface area contributed by atoms with Crippen LogP contribution in [-0.4, -0.2) is 43.4 Å². The maximum absolute atomic E-state index is 5.47. The highest BCUT2D eigenvalue weighted by molar-refractivity contribution is 5.91. The number of anilines is 3. The Hall–Kier alpha value is -2.86. The molecular formula is C19H20N4O2. The van der Waals surface area contributed by atoms with E-state index in [2.05, 4.69) is 21.3 Å². The van der Waals surface area contributed by atoms with Crippen molar-refractivity contribution in [3.63, 3.8) is 0 Å². The Bertz CT molecular complexity index is 878. The molecule has 1 N–H and O–H groups in total. The fourth-order valence-corrected chi connectivity index (χ4v) is 3.00. The van der Waals surface area contributed by atoms with Crippen molar-refractivity contribution in [2.45, 2.75) is 0 Å². The first-order valence-corrected chi connectivity index (χ1v) is 8.34. The molecule has 6 heteroatoms. The molecular weight excluding hydrogens is 316 g/mol. The van der Waals surface area contributed by atoms with Crippen LogP contribution in [-0.2, 0) is 4.74 Å². The van der Waals surface area contributed by atoms with Gasteiger partial charge in [0.05, 0.1) is 31.5 Å². The number of rotatable bonds is 4. The van der Waals surface area contributed by atoms with Gasteiger partial charge in [-0.25, -0.2) is 4.98 Å². The van der Waals surface area contributed by atoms with E-state index in [-0.39, 0.29) is 0 Å². The van der Waals surface area contributed by atoms with Crippen LogP contribution in [0.4, 0.5) is 17.5 Å². The topological polar surface area (TPSA) is 59.5 Å². The third-order valence-electron chi connectivity index (χ3n) is 4.25. The van der Waals surface area contributed by atoms with Crippen LogP contribution < -0.4 is 15.0 Å². The highest BCUT2D eigenvalue weighted by Crippen LogP contribution is 2.29. The number of hydrogen-bond acceptors (Lipinski definition) is 6. The number of benzene rings is 2. The standard InChI is InChI=1S/C19H20N4O2/c1-24-17-9-5-4-8-16(17)21-19-20-15-7-3-2-6-14(15)18(22-19)23-10-12-25-13-11-23/h2-9H,10-13H2,1H3,(H,20,21,22). The van der Waals surface area contributed by atoms with Gasteiger partial charge in [-0.3, -0.25) is 0 Å². The summed E-state index contributed by atoms with van der Waals surface area (Å²) in [6.45, 7) is 3.09. The van der Waals surface area contributed by atoms with Crippen LogP contribution in [0.2, 0.25) is 0 Å². The second kappa shape index (κ2) is 6.94. The smallest absolute Gasteiger partial charge is 0.229 e. The van der Waals surface area contributed by atoms with Gasteiger partial charge in [0.1, 0.15) is 11.6 Å². The largest absolute Gasteiger partial charge is 0.495 e. The number of para-hydroxylation sites is 3. The van der Waals surface area contributed by atoms with Gasteiger partial charge in [0.25, 0.3) is 0 Å². The molecule has 0 unspecified atom stereocenters. The Morgan fingerprint density at radius 2 is 1.76 bits per heavy atom. The zero-order valence-electron chi connectivity index (χ0n) is 14.1. The predicted molar refractivity (Wildman–Crippen MR) is 98.8 cm³/mol. The summed E-state index contributed by atoms with van der Waals surface area (Å²) in [5.41, 5.74) is 1.75. The number of nitrogens with zero attached hydrogens (tertiary/aromatic N) is 3. The van der Waals surface area contributed by atoms with E-state index in [4.69, 9.17) is 14.5 Å². The van der Waals surface area contributed by atoms with Crippen LogP contribution in [0.3, 0.4) is 0 Å². The van der Waals surface area contributed by atoms with Crippen molar-refractivity contribution < 1.29 is 9.47 Å². The summed E-state index contributed by atoms with van der Waals surface area (Å²) >= 11 is 0. The Morgan fingerprint density at radius 1 is 1.00 bits per heavy atom. The van der Waals surface area contributed by atoms with Gasteiger partial charge in [-0.1, -0.05) is 24.3 Å². The first kappa shape index (κ1) is 15.7. The molecule has 1 aliphatic rings. The average Bonchev–Trinajstić information content (AvgIpc) is 2.68. The van der Waals surface area contributed by atoms with E-state index in [0.717, 1.165) is 41.2 Å². The maximum Gasteiger partial charge on any atom is 0.229 e. The normalized spacial score (nSPS) is 14.5. The van der Waals surface area contributed by atoms with Crippen LogP contribution >= 0.6 is 0 Å². The Morgan fingerprint density at radius 3 is 2.60 bits per heavy atom. The third-order valence-corrected chi connectivity index (χ3v) is 4.25. The van der Waals surface area contributed by atoms with E-state index in [1.54, 1.807) is 7.11 Å². The first-order valence-electron chi connectivity index (χ1n) is 8.34. The first-order chi connectivity index (χ1) is 12.3. The van der Waals surface area contributed by atoms with Crippen molar-refractivity contribution in [2.75, 3.05) is 43.6 Å². The minimum absolute atomic E-state index is 0.560. The van der Waals surface area contributed by atoms with Crippen LogP contribution in [0.1, 0.15) is 0 Å². The van der Waals surface area contributed by atoms with Gasteiger partial charge in [-0.2, -0.15) is 4.98 Å². The van der Waals surface area contributed by atoms with E-state index < -0.39 is 0 Å². The zero-order chi connectivity index (χ0) is 17.1. The van der Waals surface area contributed by atoms with Crippen LogP contribution in [0, 0.1) is 0 Å². The second-order valence-corrected chi connectivity index (χ2v) is 5.81. The Labute approximate surface area is 146 Å². The fraction of sp³-hybridized carbons (Fsp3) is 0.263. The number of hydrogen-bond donors (Lipinski definition) is 1. The van der Waals surface area contributed by atoms with Gasteiger partial charge >= 0.3 is 0 Å². The lowest BCUT2D eigenvalue weighted by molar-refractivity contribution is 0.122. The molecule has 2 heterocycles. The summed E-state index contributed by atoms with van der Waals surface area (Å²) in [6.07, 6.45) is 0. The van der Waals surface area contributed by atoms with Crippen molar-refractivity contribution in [1.29, 1.82) is 0 Å². The van der Waals surface area contributed by atoms with Gasteiger partial charge in [-0.15, -0.1) is 0 Å². The number of aromatic nitrogens is 2. The van der Waals surface area contributed by atoms with Crippen molar-refractivity contribution in [3.05, 3.63) is 48.5 Å². The third kappa shape index (κ3) is 3.21. The molecule has 25 heavy (non-hydrogen) atoms. The second-order valence-electron chi connectivity index (χ2n) is 5.81. The molecule has 1 fully saturated rings. The zero-order valence-corrected chi connectivity index (χ0v) is 14.1. The van der Waals surface area contributed by atoms with Gasteiger partial charge < -0.3 is 19.7 Å². The van der Waals surface area contributed by atoms with Crippen LogP contribution in [0.15, 0.2) is 48.5 Å². The minimum atomic E-state index is 0.560. The molecule has 0 saturated carbocycles. The average molecular weight is 336 g/mol. The van der Waals surface area contributed by atoms with Crippen molar-refractivity contribution in [3.8, 4) is 5.75 Å². The van der Waals surface area contributed by atoms with Gasteiger partial charge in [-0.05, 0) is 24.3 Å². The van der Waals surface area contributed by atoms with Gasteiger partial charge in [0.2, 0.25) is 5.95 Å². The summed E-state index contributed by atoms with van der Waals surface area (Å²) in [5.74, 6) is 2.25. The predicted octanol–water partition coefficient (Wildman–Crippen LogP) is 3.22. The lowest BCUT2D eigenvalue weighted by Gasteiger charge is -2.29. The van der Waals surface area contributed by atoms with E-state index in [1.165, 1.54) is 0 Å². The highest BCUT2D eigenvalue weighted by atomic mass is 16.5. The van der Waals surface area contributed by atoms with Crippen molar-refractivity contribution in [2.24, 2.45) is 0 Å². The maximum atomic E-state index is 5.47. The summed E-state index contributed by atoms with van der Waals surface area (Å²) < 4.78 is 10.9. The number of morpholine rings is 1. The van der Waals surface area contributed by atoms with E-state index in [9.17, 15) is 0 Å². The van der Waals surface area contributed by atoms with Crippen molar-refractivity contribution >= 4 is 28.4 Å². The highest BCUT2D eigenvalue weighted by Gasteiger charge is 2.17. The molecule has 3 aromatic rings. The van der Waals surface area contributed by atoms with Crippen molar-refractivity contribution in [1.82, 2.24) is 9.97 Å². The number of methoxy groups -OCH3 is 1. The fourth-order valence-electron chi connectivity index (χ4n) is 3.00. The summed E-state index contributed by atoms with van der Waals surface area (Å²) in [6, 6.07) is 15.8. The van der Waals surface area contributed by atoms with Gasteiger partial charge in [0.15, 0.2) is 0 Å². The molecule has 0 radical (unpaired) electrons. The summed E-state index contributed by atoms with van der Waals surface area (Å²) in [7, 11) is 1.65. The monoisotopic (exact) mass is 336 g/mol. The molecule has 2 aromatic carbocycles. The van der Waals surface area contributed by atoms with Crippen LogP contribution in [0.25, 0.3) is 10.9 Å². The molecule has 1 aromatic heterocycles. The lowest BCUT2D eigenvalue weighted by Crippen LogP contribution is -2.37. The number of nitrogens with one attached hydrogen (secondary N) is 1. The van der Waals surface area contributed by atoms with Gasteiger partial charge in [0, 0.05) is 18.5 Å². The van der Waals surface area contributed by atoms with E-state index in [0.29, 0.717) is 19.2 Å². The molecule has 0 atom stereocenters. The quantitative estimate of drug-likeness (QED) is 0.789. The minimum Gasteiger partial charge on any atom is -0.495 e. The van der Waals surface area contributed by atoms with E-state index >= 15 is 0 Å². The molecule has 6 nitrogen and oxygen atoms in total. The molecule has 0 spiro atoms. The molecule has 0 bridgehead atoms. The Kier molecular flexibility index (Phi) is 4.35. The molecule has 4 rings (SSSR count). The Balaban J connectivity index is 1.76. The SMILES string of the molecule is COc1ccccc1Nc1nc(N2CCOCC2)c2ccccc2n1.